The number of nitrogens with one attached hydrogen (secondary N) is 1. The van der Waals surface area contributed by atoms with E-state index in [1.807, 2.05) is 0 Å². The Morgan fingerprint density at radius 1 is 1.41 bits per heavy atom. The molecule has 0 amide bonds. The molecule has 0 fully saturated rings. The van der Waals surface area contributed by atoms with E-state index in [0.29, 0.717) is 0 Å². The Bertz CT molecular complexity index is 403. The molecule has 4 heteroatoms. The van der Waals surface area contributed by atoms with E-state index in [9.17, 15) is 4.39 Å². The smallest absolute Gasteiger partial charge is 0.141 e. The summed E-state index contributed by atoms with van der Waals surface area (Å²) in [5.74, 6) is 5.23. The van der Waals surface area contributed by atoms with Crippen molar-refractivity contribution in [3.63, 3.8) is 0 Å². The van der Waals surface area contributed by atoms with Gasteiger partial charge in [0.25, 0.3) is 0 Å². The van der Waals surface area contributed by atoms with Crippen LogP contribution in [0.3, 0.4) is 0 Å². The highest BCUT2D eigenvalue weighted by Crippen LogP contribution is 2.27. The number of rotatable bonds is 4. The number of nitrogens with zero attached hydrogens (tertiary/aromatic N) is 1. The summed E-state index contributed by atoms with van der Waals surface area (Å²) in [6, 6.07) is 1.43. The molecule has 0 aliphatic heterocycles. The molecule has 1 aliphatic rings. The molecule has 1 atom stereocenters. The molecule has 1 aromatic rings. The second-order valence-electron chi connectivity index (χ2n) is 4.47. The van der Waals surface area contributed by atoms with Gasteiger partial charge in [-0.25, -0.2) is 4.39 Å². The topological polar surface area (TPSA) is 50.9 Å². The first-order chi connectivity index (χ1) is 8.29. The third-order valence-electron chi connectivity index (χ3n) is 3.18. The summed E-state index contributed by atoms with van der Waals surface area (Å²) >= 11 is 0. The van der Waals surface area contributed by atoms with Crippen LogP contribution in [0.5, 0.6) is 0 Å². The summed E-state index contributed by atoms with van der Waals surface area (Å²) in [5.41, 5.74) is 4.96. The lowest BCUT2D eigenvalue weighted by Gasteiger charge is -2.20. The molecule has 3 nitrogen and oxygen atoms in total. The van der Waals surface area contributed by atoms with Crippen LogP contribution in [0.2, 0.25) is 0 Å². The van der Waals surface area contributed by atoms with E-state index in [-0.39, 0.29) is 11.9 Å². The van der Waals surface area contributed by atoms with E-state index >= 15 is 0 Å². The van der Waals surface area contributed by atoms with E-state index < -0.39 is 0 Å². The highest BCUT2D eigenvalue weighted by Gasteiger charge is 2.14. The minimum absolute atomic E-state index is 0.0532. The zero-order valence-electron chi connectivity index (χ0n) is 9.82. The van der Waals surface area contributed by atoms with Crippen molar-refractivity contribution >= 4 is 0 Å². The third kappa shape index (κ3) is 3.35. The monoisotopic (exact) mass is 235 g/mol. The molecule has 0 bridgehead atoms. The quantitative estimate of drug-likeness (QED) is 0.479. The van der Waals surface area contributed by atoms with Crippen LogP contribution < -0.4 is 11.3 Å². The average Bonchev–Trinajstić information content (AvgIpc) is 2.37. The molecule has 1 aromatic heterocycles. The molecular formula is C13H18FN3. The van der Waals surface area contributed by atoms with Gasteiger partial charge in [-0.3, -0.25) is 16.3 Å². The summed E-state index contributed by atoms with van der Waals surface area (Å²) in [6.45, 7) is 0. The number of pyridine rings is 1. The normalized spacial score (nSPS) is 17.6. The van der Waals surface area contributed by atoms with Gasteiger partial charge in [-0.1, -0.05) is 11.6 Å². The first-order valence-corrected chi connectivity index (χ1v) is 6.04. The van der Waals surface area contributed by atoms with Crippen LogP contribution in [-0.4, -0.2) is 4.98 Å². The van der Waals surface area contributed by atoms with Gasteiger partial charge in [0.1, 0.15) is 5.82 Å². The highest BCUT2D eigenvalue weighted by molar-refractivity contribution is 5.19. The minimum Gasteiger partial charge on any atom is -0.271 e. The van der Waals surface area contributed by atoms with Crippen LogP contribution >= 0.6 is 0 Å². The Morgan fingerprint density at radius 2 is 2.29 bits per heavy atom. The van der Waals surface area contributed by atoms with Crippen LogP contribution in [0.15, 0.2) is 30.1 Å². The first-order valence-electron chi connectivity index (χ1n) is 6.04. The Morgan fingerprint density at radius 3 is 2.94 bits per heavy atom. The van der Waals surface area contributed by atoms with Gasteiger partial charge >= 0.3 is 0 Å². The van der Waals surface area contributed by atoms with E-state index in [1.54, 1.807) is 6.20 Å². The van der Waals surface area contributed by atoms with Crippen LogP contribution in [0.25, 0.3) is 0 Å². The summed E-state index contributed by atoms with van der Waals surface area (Å²) in [5, 5.41) is 0. The summed E-state index contributed by atoms with van der Waals surface area (Å²) in [4.78, 5) is 3.86. The molecule has 1 unspecified atom stereocenters. The molecular weight excluding hydrogens is 217 g/mol. The largest absolute Gasteiger partial charge is 0.271 e. The van der Waals surface area contributed by atoms with Crippen LogP contribution in [0, 0.1) is 5.82 Å². The summed E-state index contributed by atoms with van der Waals surface area (Å²) in [6.07, 6.45) is 10.8. The molecule has 0 aromatic carbocycles. The zero-order chi connectivity index (χ0) is 12.1. The molecule has 17 heavy (non-hydrogen) atoms. The molecule has 3 N–H and O–H groups in total. The van der Waals surface area contributed by atoms with Crippen molar-refractivity contribution < 1.29 is 4.39 Å². The van der Waals surface area contributed by atoms with Crippen molar-refractivity contribution in [3.8, 4) is 0 Å². The van der Waals surface area contributed by atoms with E-state index in [1.165, 1.54) is 30.7 Å². The van der Waals surface area contributed by atoms with E-state index in [4.69, 9.17) is 5.84 Å². The number of hydrazine groups is 1. The predicted molar refractivity (Wildman–Crippen MR) is 65.4 cm³/mol. The van der Waals surface area contributed by atoms with Gasteiger partial charge in [0.05, 0.1) is 12.2 Å². The zero-order valence-corrected chi connectivity index (χ0v) is 9.82. The van der Waals surface area contributed by atoms with Crippen molar-refractivity contribution in [3.05, 3.63) is 41.5 Å². The van der Waals surface area contributed by atoms with E-state index in [0.717, 1.165) is 24.8 Å². The lowest BCUT2D eigenvalue weighted by Crippen LogP contribution is -2.28. The van der Waals surface area contributed by atoms with Crippen molar-refractivity contribution in [1.29, 1.82) is 0 Å². The van der Waals surface area contributed by atoms with Crippen molar-refractivity contribution in [1.82, 2.24) is 10.4 Å². The molecule has 1 aliphatic carbocycles. The average molecular weight is 235 g/mol. The van der Waals surface area contributed by atoms with Gasteiger partial charge in [0, 0.05) is 6.20 Å². The molecule has 0 saturated carbocycles. The maximum absolute atomic E-state index is 13.1. The highest BCUT2D eigenvalue weighted by atomic mass is 19.1. The van der Waals surface area contributed by atoms with Crippen molar-refractivity contribution in [2.75, 3.05) is 0 Å². The second kappa shape index (κ2) is 5.89. The fourth-order valence-electron chi connectivity index (χ4n) is 2.24. The molecule has 0 saturated heterocycles. The fourth-order valence-corrected chi connectivity index (χ4v) is 2.24. The van der Waals surface area contributed by atoms with Gasteiger partial charge in [-0.2, -0.15) is 0 Å². The van der Waals surface area contributed by atoms with E-state index in [2.05, 4.69) is 16.5 Å². The molecule has 92 valence electrons. The Labute approximate surface area is 101 Å². The fraction of sp³-hybridized carbons (Fsp3) is 0.462. The number of aromatic nitrogens is 1. The maximum Gasteiger partial charge on any atom is 0.141 e. The second-order valence-corrected chi connectivity index (χ2v) is 4.47. The van der Waals surface area contributed by atoms with Crippen LogP contribution in [-0.2, 0) is 0 Å². The van der Waals surface area contributed by atoms with Crippen LogP contribution in [0.4, 0.5) is 4.39 Å². The van der Waals surface area contributed by atoms with Crippen molar-refractivity contribution in [2.45, 2.75) is 38.1 Å². The van der Waals surface area contributed by atoms with Gasteiger partial charge < -0.3 is 0 Å². The molecule has 0 radical (unpaired) electrons. The number of halogens is 1. The lowest BCUT2D eigenvalue weighted by atomic mass is 9.92. The number of nitrogens with two attached hydrogens (primary N) is 1. The number of hydrogen-bond donors (Lipinski definition) is 2. The standard InChI is InChI=1S/C13H18FN3/c14-12-7-11(8-16-9-12)13(17-15)6-10-4-2-1-3-5-10/h4,7-9,13,17H,1-3,5-6,15H2. The lowest BCUT2D eigenvalue weighted by molar-refractivity contribution is 0.521. The minimum atomic E-state index is -0.319. The summed E-state index contributed by atoms with van der Waals surface area (Å²) in [7, 11) is 0. The molecule has 2 rings (SSSR count). The predicted octanol–water partition coefficient (Wildman–Crippen LogP) is 2.62. The molecule has 1 heterocycles. The van der Waals surface area contributed by atoms with Gasteiger partial charge in [0.15, 0.2) is 0 Å². The Kier molecular flexibility index (Phi) is 4.23. The SMILES string of the molecule is NNC(CC1=CCCCC1)c1cncc(F)c1. The number of hydrogen-bond acceptors (Lipinski definition) is 3. The third-order valence-corrected chi connectivity index (χ3v) is 3.18. The van der Waals surface area contributed by atoms with Gasteiger partial charge in [0.2, 0.25) is 0 Å². The Hall–Kier alpha value is -1.26. The first kappa shape index (κ1) is 12.2. The van der Waals surface area contributed by atoms with Gasteiger partial charge in [-0.05, 0) is 43.7 Å². The van der Waals surface area contributed by atoms with Gasteiger partial charge in [-0.15, -0.1) is 0 Å². The molecule has 0 spiro atoms. The maximum atomic E-state index is 13.1. The summed E-state index contributed by atoms with van der Waals surface area (Å²) < 4.78 is 13.1. The van der Waals surface area contributed by atoms with Crippen LogP contribution in [0.1, 0.15) is 43.7 Å². The number of allylic oxidation sites excluding steroid dienone is 1. The Balaban J connectivity index is 2.08. The van der Waals surface area contributed by atoms with Crippen molar-refractivity contribution in [2.24, 2.45) is 5.84 Å².